The van der Waals surface area contributed by atoms with Gasteiger partial charge in [-0.3, -0.25) is 9.59 Å². The van der Waals surface area contributed by atoms with Gasteiger partial charge in [-0.25, -0.2) is 0 Å². The standard InChI is InChI=1S/C23H41NO5/c1-15(2)12-20(26)22(19(25)11-10-16-6-4-3-5-7-16)24-23(29)18(14-21(27)28)13-17-8-9-17/h15-20,22,25-26H,3-14H2,1-2H3,(H,24,29)(H,27,28)/t18-,19?,20?,22?/m1/s1. The quantitative estimate of drug-likeness (QED) is 0.371. The Morgan fingerprint density at radius 2 is 1.62 bits per heavy atom. The molecule has 0 spiro atoms. The van der Waals surface area contributed by atoms with Gasteiger partial charge in [0.15, 0.2) is 0 Å². The fourth-order valence-electron chi connectivity index (χ4n) is 4.67. The van der Waals surface area contributed by atoms with E-state index in [0.717, 1.165) is 19.3 Å². The number of hydrogen-bond acceptors (Lipinski definition) is 4. The fraction of sp³-hybridized carbons (Fsp3) is 0.913. The van der Waals surface area contributed by atoms with Crippen molar-refractivity contribution in [2.24, 2.45) is 23.7 Å². The first-order chi connectivity index (χ1) is 13.8. The van der Waals surface area contributed by atoms with E-state index in [1.54, 1.807) is 0 Å². The second-order valence-electron chi connectivity index (χ2n) is 9.85. The van der Waals surface area contributed by atoms with Crippen LogP contribution in [0, 0.1) is 23.7 Å². The summed E-state index contributed by atoms with van der Waals surface area (Å²) in [5.41, 5.74) is 0. The maximum absolute atomic E-state index is 12.9. The average Bonchev–Trinajstić information content (AvgIpc) is 3.47. The van der Waals surface area contributed by atoms with Gasteiger partial charge in [0.05, 0.1) is 24.7 Å². The highest BCUT2D eigenvalue weighted by molar-refractivity contribution is 5.83. The molecule has 2 aliphatic carbocycles. The van der Waals surface area contributed by atoms with E-state index >= 15 is 0 Å². The molecule has 2 aliphatic rings. The molecule has 2 fully saturated rings. The molecule has 1 amide bonds. The highest BCUT2D eigenvalue weighted by Crippen LogP contribution is 2.36. The van der Waals surface area contributed by atoms with Gasteiger partial charge < -0.3 is 20.6 Å². The summed E-state index contributed by atoms with van der Waals surface area (Å²) in [6.07, 6.45) is 8.92. The van der Waals surface area contributed by atoms with Crippen molar-refractivity contribution in [2.45, 2.75) is 109 Å². The van der Waals surface area contributed by atoms with E-state index in [0.29, 0.717) is 31.1 Å². The molecule has 2 rings (SSSR count). The van der Waals surface area contributed by atoms with E-state index in [1.165, 1.54) is 32.1 Å². The molecule has 0 heterocycles. The Morgan fingerprint density at radius 1 is 0.966 bits per heavy atom. The van der Waals surface area contributed by atoms with Crippen LogP contribution in [-0.4, -0.2) is 45.4 Å². The zero-order valence-electron chi connectivity index (χ0n) is 18.2. The molecule has 3 unspecified atom stereocenters. The third kappa shape index (κ3) is 9.04. The summed E-state index contributed by atoms with van der Waals surface area (Å²) in [7, 11) is 0. The number of nitrogens with one attached hydrogen (secondary N) is 1. The van der Waals surface area contributed by atoms with Gasteiger partial charge in [0.1, 0.15) is 0 Å². The Balaban J connectivity index is 1.98. The number of rotatable bonds is 13. The molecule has 0 aromatic heterocycles. The Bertz CT molecular complexity index is 513. The number of aliphatic carboxylic acids is 1. The van der Waals surface area contributed by atoms with Crippen LogP contribution >= 0.6 is 0 Å². The van der Waals surface area contributed by atoms with Crippen molar-refractivity contribution in [2.75, 3.05) is 0 Å². The summed E-state index contributed by atoms with van der Waals surface area (Å²) in [5, 5.41) is 33.6. The predicted octanol–water partition coefficient (Wildman–Crippen LogP) is 3.49. The molecular formula is C23H41NO5. The third-order valence-corrected chi connectivity index (χ3v) is 6.55. The molecule has 0 aromatic rings. The summed E-state index contributed by atoms with van der Waals surface area (Å²) in [4.78, 5) is 24.1. The predicted molar refractivity (Wildman–Crippen MR) is 112 cm³/mol. The average molecular weight is 412 g/mol. The summed E-state index contributed by atoms with van der Waals surface area (Å²) < 4.78 is 0. The Morgan fingerprint density at radius 3 is 2.17 bits per heavy atom. The van der Waals surface area contributed by atoms with Crippen LogP contribution in [0.3, 0.4) is 0 Å². The van der Waals surface area contributed by atoms with Gasteiger partial charge in [0, 0.05) is 5.92 Å². The fourth-order valence-corrected chi connectivity index (χ4v) is 4.67. The van der Waals surface area contributed by atoms with Crippen molar-refractivity contribution >= 4 is 11.9 Å². The number of carboxylic acids is 1. The molecule has 0 radical (unpaired) electrons. The normalized spacial score (nSPS) is 22.1. The van der Waals surface area contributed by atoms with Gasteiger partial charge in [-0.15, -0.1) is 0 Å². The molecule has 0 aliphatic heterocycles. The molecule has 0 saturated heterocycles. The van der Waals surface area contributed by atoms with E-state index in [4.69, 9.17) is 0 Å². The molecule has 6 heteroatoms. The van der Waals surface area contributed by atoms with Crippen molar-refractivity contribution < 1.29 is 24.9 Å². The van der Waals surface area contributed by atoms with Gasteiger partial charge >= 0.3 is 5.97 Å². The van der Waals surface area contributed by atoms with Crippen LogP contribution in [0.4, 0.5) is 0 Å². The molecule has 0 aromatic carbocycles. The van der Waals surface area contributed by atoms with E-state index < -0.39 is 30.1 Å². The summed E-state index contributed by atoms with van der Waals surface area (Å²) in [5.74, 6) is -0.644. The van der Waals surface area contributed by atoms with Crippen molar-refractivity contribution in [3.05, 3.63) is 0 Å². The molecule has 6 nitrogen and oxygen atoms in total. The molecule has 2 saturated carbocycles. The van der Waals surface area contributed by atoms with Crippen LogP contribution in [0.15, 0.2) is 0 Å². The molecule has 4 N–H and O–H groups in total. The van der Waals surface area contributed by atoms with Crippen LogP contribution in [0.25, 0.3) is 0 Å². The van der Waals surface area contributed by atoms with E-state index in [2.05, 4.69) is 5.32 Å². The largest absolute Gasteiger partial charge is 0.481 e. The van der Waals surface area contributed by atoms with Gasteiger partial charge in [-0.2, -0.15) is 0 Å². The summed E-state index contributed by atoms with van der Waals surface area (Å²) in [6.45, 7) is 3.99. The van der Waals surface area contributed by atoms with Crippen LogP contribution in [0.5, 0.6) is 0 Å². The SMILES string of the molecule is CC(C)CC(O)C(NC(=O)[C@@H](CC(=O)O)CC1CC1)C(O)CCC1CCCCC1. The first-order valence-electron chi connectivity index (χ1n) is 11.6. The monoisotopic (exact) mass is 411 g/mol. The van der Waals surface area contributed by atoms with E-state index in [9.17, 15) is 24.9 Å². The molecule has 168 valence electrons. The molecule has 29 heavy (non-hydrogen) atoms. The summed E-state index contributed by atoms with van der Waals surface area (Å²) >= 11 is 0. The second kappa shape index (κ2) is 11.9. The Hall–Kier alpha value is -1.14. The lowest BCUT2D eigenvalue weighted by Gasteiger charge is -2.32. The molecule has 4 atom stereocenters. The minimum atomic E-state index is -0.983. The third-order valence-electron chi connectivity index (χ3n) is 6.55. The zero-order valence-corrected chi connectivity index (χ0v) is 18.2. The Labute approximate surface area is 175 Å². The lowest BCUT2D eigenvalue weighted by atomic mass is 9.84. The molecule has 0 bridgehead atoms. The number of aliphatic hydroxyl groups is 2. The van der Waals surface area contributed by atoms with E-state index in [1.807, 2.05) is 13.8 Å². The maximum atomic E-state index is 12.9. The maximum Gasteiger partial charge on any atom is 0.304 e. The summed E-state index contributed by atoms with van der Waals surface area (Å²) in [6, 6.07) is -0.746. The van der Waals surface area contributed by atoms with E-state index in [-0.39, 0.29) is 18.2 Å². The van der Waals surface area contributed by atoms with Gasteiger partial charge in [-0.05, 0) is 43.4 Å². The lowest BCUT2D eigenvalue weighted by Crippen LogP contribution is -2.53. The van der Waals surface area contributed by atoms with Crippen LogP contribution in [0.2, 0.25) is 0 Å². The van der Waals surface area contributed by atoms with Crippen molar-refractivity contribution in [3.8, 4) is 0 Å². The minimum absolute atomic E-state index is 0.201. The first-order valence-corrected chi connectivity index (χ1v) is 11.6. The number of carbonyl (C=O) groups excluding carboxylic acids is 1. The highest BCUT2D eigenvalue weighted by Gasteiger charge is 2.35. The van der Waals surface area contributed by atoms with Crippen molar-refractivity contribution in [1.82, 2.24) is 5.32 Å². The highest BCUT2D eigenvalue weighted by atomic mass is 16.4. The van der Waals surface area contributed by atoms with Crippen molar-refractivity contribution in [3.63, 3.8) is 0 Å². The first kappa shape index (κ1) is 24.1. The Kier molecular flexibility index (Phi) is 9.90. The van der Waals surface area contributed by atoms with Gasteiger partial charge in [-0.1, -0.05) is 58.8 Å². The number of aliphatic hydroxyl groups excluding tert-OH is 2. The lowest BCUT2D eigenvalue weighted by molar-refractivity contribution is -0.142. The van der Waals surface area contributed by atoms with Crippen molar-refractivity contribution in [1.29, 1.82) is 0 Å². The number of carbonyl (C=O) groups is 2. The molecular weight excluding hydrogens is 370 g/mol. The number of hydrogen-bond donors (Lipinski definition) is 4. The minimum Gasteiger partial charge on any atom is -0.481 e. The zero-order chi connectivity index (χ0) is 21.4. The van der Waals surface area contributed by atoms with Crippen LogP contribution in [0.1, 0.15) is 90.9 Å². The smallest absolute Gasteiger partial charge is 0.304 e. The van der Waals surface area contributed by atoms with Crippen LogP contribution in [-0.2, 0) is 9.59 Å². The second-order valence-corrected chi connectivity index (χ2v) is 9.85. The number of amides is 1. The van der Waals surface area contributed by atoms with Gasteiger partial charge in [0.25, 0.3) is 0 Å². The number of carboxylic acid groups (broad SMARTS) is 1. The van der Waals surface area contributed by atoms with Crippen LogP contribution < -0.4 is 5.32 Å². The van der Waals surface area contributed by atoms with Gasteiger partial charge in [0.2, 0.25) is 5.91 Å². The topological polar surface area (TPSA) is 107 Å².